The van der Waals surface area contributed by atoms with Gasteiger partial charge < -0.3 is 29.3 Å². The van der Waals surface area contributed by atoms with E-state index in [1.54, 1.807) is 26.0 Å². The zero-order valence-corrected chi connectivity index (χ0v) is 18.8. The molecule has 0 radical (unpaired) electrons. The molecule has 9 heteroatoms. The smallest absolute Gasteiger partial charge is 0.375 e. The largest absolute Gasteiger partial charge is 0.489 e. The lowest BCUT2D eigenvalue weighted by Crippen LogP contribution is -2.50. The van der Waals surface area contributed by atoms with Gasteiger partial charge in [0.05, 0.1) is 29.5 Å². The van der Waals surface area contributed by atoms with Crippen LogP contribution in [0.2, 0.25) is 0 Å². The van der Waals surface area contributed by atoms with Gasteiger partial charge in [0.1, 0.15) is 24.5 Å². The van der Waals surface area contributed by atoms with Crippen LogP contribution in [0.3, 0.4) is 0 Å². The standard InChI is InChI=1S/C25H24N2O7/c1-3-31-23(28)21-15(2)26-25(30)27-19(21)14-33-24(29)22-18(13-32-16-9-5-4-6-10-16)17-11-7-8-12-20(17)34-22/h4-12,15H,3,13-14H2,1-2H3,(H2,26,27,30)/t15-/m1/s1. The van der Waals surface area contributed by atoms with E-state index in [1.807, 2.05) is 42.5 Å². The Morgan fingerprint density at radius 3 is 2.47 bits per heavy atom. The molecule has 176 valence electrons. The summed E-state index contributed by atoms with van der Waals surface area (Å²) in [4.78, 5) is 37.3. The topological polar surface area (TPSA) is 116 Å². The van der Waals surface area contributed by atoms with E-state index in [4.69, 9.17) is 18.6 Å². The summed E-state index contributed by atoms with van der Waals surface area (Å²) in [6.45, 7) is 3.23. The predicted octanol–water partition coefficient (Wildman–Crippen LogP) is 3.69. The van der Waals surface area contributed by atoms with Crippen LogP contribution in [0.15, 0.2) is 70.3 Å². The van der Waals surface area contributed by atoms with Crippen molar-refractivity contribution >= 4 is 28.9 Å². The number of hydrogen-bond donors (Lipinski definition) is 2. The molecule has 0 spiro atoms. The maximum Gasteiger partial charge on any atom is 0.375 e. The maximum absolute atomic E-state index is 13.0. The van der Waals surface area contributed by atoms with Crippen molar-refractivity contribution in [1.82, 2.24) is 10.6 Å². The zero-order valence-electron chi connectivity index (χ0n) is 18.8. The predicted molar refractivity (Wildman–Crippen MR) is 122 cm³/mol. The third kappa shape index (κ3) is 4.88. The lowest BCUT2D eigenvalue weighted by molar-refractivity contribution is -0.139. The summed E-state index contributed by atoms with van der Waals surface area (Å²) in [6.07, 6.45) is 0. The summed E-state index contributed by atoms with van der Waals surface area (Å²) in [6, 6.07) is 15.3. The van der Waals surface area contributed by atoms with Crippen molar-refractivity contribution in [3.8, 4) is 5.75 Å². The van der Waals surface area contributed by atoms with Gasteiger partial charge in [-0.05, 0) is 32.0 Å². The summed E-state index contributed by atoms with van der Waals surface area (Å²) in [5.41, 5.74) is 1.39. The van der Waals surface area contributed by atoms with E-state index in [0.29, 0.717) is 16.9 Å². The third-order valence-electron chi connectivity index (χ3n) is 5.22. The molecule has 0 fully saturated rings. The number of nitrogens with one attached hydrogen (secondary N) is 2. The van der Waals surface area contributed by atoms with E-state index in [1.165, 1.54) is 0 Å². The second kappa shape index (κ2) is 10.1. The molecule has 0 bridgehead atoms. The van der Waals surface area contributed by atoms with Crippen molar-refractivity contribution in [2.45, 2.75) is 26.5 Å². The molecule has 34 heavy (non-hydrogen) atoms. The molecular formula is C25H24N2O7. The quantitative estimate of drug-likeness (QED) is 0.489. The Balaban J connectivity index is 1.58. The van der Waals surface area contributed by atoms with Gasteiger partial charge >= 0.3 is 18.0 Å². The number of hydrogen-bond acceptors (Lipinski definition) is 7. The van der Waals surface area contributed by atoms with E-state index in [0.717, 1.165) is 5.39 Å². The number of esters is 2. The van der Waals surface area contributed by atoms with E-state index in [2.05, 4.69) is 10.6 Å². The lowest BCUT2D eigenvalue weighted by Gasteiger charge is -2.26. The van der Waals surface area contributed by atoms with Gasteiger partial charge in [0.2, 0.25) is 5.76 Å². The number of carbonyl (C=O) groups excluding carboxylic acids is 3. The minimum Gasteiger partial charge on any atom is -0.489 e. The molecule has 1 aliphatic heterocycles. The molecule has 9 nitrogen and oxygen atoms in total. The highest BCUT2D eigenvalue weighted by Gasteiger charge is 2.31. The van der Waals surface area contributed by atoms with Crippen molar-refractivity contribution in [2.24, 2.45) is 0 Å². The molecule has 2 heterocycles. The van der Waals surface area contributed by atoms with Gasteiger partial charge in [0, 0.05) is 5.39 Å². The summed E-state index contributed by atoms with van der Waals surface area (Å²) >= 11 is 0. The summed E-state index contributed by atoms with van der Waals surface area (Å²) in [5.74, 6) is -0.722. The Hall–Kier alpha value is -4.27. The van der Waals surface area contributed by atoms with Gasteiger partial charge in [-0.25, -0.2) is 14.4 Å². The average molecular weight is 464 g/mol. The fourth-order valence-corrected chi connectivity index (χ4v) is 3.68. The fourth-order valence-electron chi connectivity index (χ4n) is 3.68. The van der Waals surface area contributed by atoms with E-state index in [9.17, 15) is 14.4 Å². The number of amides is 2. The van der Waals surface area contributed by atoms with Crippen molar-refractivity contribution < 1.29 is 33.0 Å². The Bertz CT molecular complexity index is 1250. The third-order valence-corrected chi connectivity index (χ3v) is 5.22. The number of urea groups is 1. The van der Waals surface area contributed by atoms with Crippen LogP contribution in [0.25, 0.3) is 11.0 Å². The minimum absolute atomic E-state index is 0.0104. The number of furan rings is 1. The monoisotopic (exact) mass is 464 g/mol. The van der Waals surface area contributed by atoms with Gasteiger partial charge in [-0.2, -0.15) is 0 Å². The van der Waals surface area contributed by atoms with Gasteiger partial charge in [-0.15, -0.1) is 0 Å². The van der Waals surface area contributed by atoms with Crippen LogP contribution in [0.5, 0.6) is 5.75 Å². The first-order chi connectivity index (χ1) is 16.5. The highest BCUT2D eigenvalue weighted by molar-refractivity contribution is 5.97. The van der Waals surface area contributed by atoms with Crippen LogP contribution in [0.4, 0.5) is 4.79 Å². The molecule has 1 aromatic heterocycles. The van der Waals surface area contributed by atoms with Gasteiger partial charge in [-0.3, -0.25) is 0 Å². The van der Waals surface area contributed by atoms with Crippen LogP contribution >= 0.6 is 0 Å². The molecule has 0 aliphatic carbocycles. The van der Waals surface area contributed by atoms with Crippen LogP contribution in [-0.4, -0.2) is 37.2 Å². The maximum atomic E-state index is 13.0. The Kier molecular flexibility index (Phi) is 6.82. The second-order valence-corrected chi connectivity index (χ2v) is 7.52. The molecule has 0 unspecified atom stereocenters. The van der Waals surface area contributed by atoms with Crippen LogP contribution in [-0.2, 0) is 20.9 Å². The molecule has 0 saturated carbocycles. The van der Waals surface area contributed by atoms with Crippen LogP contribution < -0.4 is 15.4 Å². The minimum atomic E-state index is -0.751. The first-order valence-electron chi connectivity index (χ1n) is 10.8. The Labute approximate surface area is 195 Å². The highest BCUT2D eigenvalue weighted by Crippen LogP contribution is 2.28. The molecule has 1 atom stereocenters. The number of carbonyl (C=O) groups is 3. The molecule has 4 rings (SSSR count). The first-order valence-corrected chi connectivity index (χ1v) is 10.8. The fraction of sp³-hybridized carbons (Fsp3) is 0.240. The van der Waals surface area contributed by atoms with Crippen molar-refractivity contribution in [3.05, 3.63) is 77.2 Å². The molecule has 3 aromatic rings. The SMILES string of the molecule is CCOC(=O)C1=C(COC(=O)c2oc3ccccc3c2COc2ccccc2)NC(=O)N[C@@H]1C. The number of rotatable bonds is 8. The average Bonchev–Trinajstić information content (AvgIpc) is 3.20. The normalized spacial score (nSPS) is 15.5. The number of benzene rings is 2. The van der Waals surface area contributed by atoms with Crippen LogP contribution in [0, 0.1) is 0 Å². The molecule has 2 amide bonds. The Morgan fingerprint density at radius 2 is 1.71 bits per heavy atom. The van der Waals surface area contributed by atoms with Crippen LogP contribution in [0.1, 0.15) is 30.0 Å². The summed E-state index contributed by atoms with van der Waals surface area (Å²) in [5, 5.41) is 5.84. The zero-order chi connectivity index (χ0) is 24.1. The van der Waals surface area contributed by atoms with E-state index in [-0.39, 0.29) is 36.9 Å². The highest BCUT2D eigenvalue weighted by atomic mass is 16.5. The van der Waals surface area contributed by atoms with E-state index >= 15 is 0 Å². The van der Waals surface area contributed by atoms with Gasteiger partial charge in [-0.1, -0.05) is 36.4 Å². The molecule has 2 N–H and O–H groups in total. The molecule has 1 aliphatic rings. The van der Waals surface area contributed by atoms with Crippen molar-refractivity contribution in [3.63, 3.8) is 0 Å². The van der Waals surface area contributed by atoms with Crippen molar-refractivity contribution in [1.29, 1.82) is 0 Å². The number of ether oxygens (including phenoxy) is 3. The molecule has 0 saturated heterocycles. The Morgan fingerprint density at radius 1 is 0.971 bits per heavy atom. The van der Waals surface area contributed by atoms with Gasteiger partial charge in [0.25, 0.3) is 0 Å². The number of para-hydroxylation sites is 2. The lowest BCUT2D eigenvalue weighted by atomic mass is 10.0. The molecule has 2 aromatic carbocycles. The van der Waals surface area contributed by atoms with Crippen molar-refractivity contribution in [2.75, 3.05) is 13.2 Å². The molecular weight excluding hydrogens is 440 g/mol. The van der Waals surface area contributed by atoms with E-state index < -0.39 is 24.0 Å². The first kappa shape index (κ1) is 22.9. The summed E-state index contributed by atoms with van der Waals surface area (Å²) < 4.78 is 22.2. The number of fused-ring (bicyclic) bond motifs is 1. The van der Waals surface area contributed by atoms with Gasteiger partial charge in [0.15, 0.2) is 0 Å². The second-order valence-electron chi connectivity index (χ2n) is 7.52. The summed E-state index contributed by atoms with van der Waals surface area (Å²) in [7, 11) is 0.